The van der Waals surface area contributed by atoms with Crippen LogP contribution in [0.3, 0.4) is 0 Å². The number of hydrogen-bond acceptors (Lipinski definition) is 5. The van der Waals surface area contributed by atoms with Crippen molar-refractivity contribution >= 4 is 28.5 Å². The summed E-state index contributed by atoms with van der Waals surface area (Å²) in [5.74, 6) is -0.201. The third-order valence-corrected chi connectivity index (χ3v) is 5.57. The summed E-state index contributed by atoms with van der Waals surface area (Å²) in [4.78, 5) is 16.7. The van der Waals surface area contributed by atoms with Gasteiger partial charge in [0, 0.05) is 30.1 Å². The molecule has 162 valence electrons. The molecular weight excluding hydrogens is 436 g/mol. The van der Waals surface area contributed by atoms with E-state index in [0.717, 1.165) is 16.7 Å². The molecule has 0 spiro atoms. The molecule has 5 rings (SSSR count). The van der Waals surface area contributed by atoms with Gasteiger partial charge in [-0.15, -0.1) is 10.2 Å². The van der Waals surface area contributed by atoms with Crippen LogP contribution in [0.25, 0.3) is 33.5 Å². The Kier molecular flexibility index (Phi) is 5.78. The molecule has 2 aromatic carbocycles. The zero-order chi connectivity index (χ0) is 22.6. The van der Waals surface area contributed by atoms with Crippen LogP contribution < -0.4 is 5.32 Å². The standard InChI is InChI=1S/C25H19ClN6O/c26-22-21-23(18-9-3-1-4-10-18)31-32(16-20(33)28-15-17-8-7-13-27-14-17)25(21)30-29-24(22)19-11-5-2-6-12-19/h1-14H,15-16H2,(H,28,33). The first-order chi connectivity index (χ1) is 16.2. The Hall–Kier alpha value is -4.10. The number of nitrogens with zero attached hydrogens (tertiary/aromatic N) is 5. The number of fused-ring (bicyclic) bond motifs is 1. The van der Waals surface area contributed by atoms with Crippen LogP contribution >= 0.6 is 11.6 Å². The Bertz CT molecular complexity index is 1410. The molecule has 0 saturated carbocycles. The first-order valence-corrected chi connectivity index (χ1v) is 10.8. The number of halogens is 1. The van der Waals surface area contributed by atoms with Gasteiger partial charge in [0.2, 0.25) is 5.91 Å². The number of amides is 1. The lowest BCUT2D eigenvalue weighted by Crippen LogP contribution is -2.27. The van der Waals surface area contributed by atoms with Gasteiger partial charge in [-0.3, -0.25) is 9.78 Å². The van der Waals surface area contributed by atoms with Crippen molar-refractivity contribution in [3.8, 4) is 22.5 Å². The molecule has 7 nitrogen and oxygen atoms in total. The largest absolute Gasteiger partial charge is 0.350 e. The summed E-state index contributed by atoms with van der Waals surface area (Å²) in [6.07, 6.45) is 3.41. The molecule has 0 atom stereocenters. The van der Waals surface area contributed by atoms with Crippen LogP contribution in [0.15, 0.2) is 85.2 Å². The summed E-state index contributed by atoms with van der Waals surface area (Å²) in [6, 6.07) is 23.1. The fourth-order valence-corrected chi connectivity index (χ4v) is 3.92. The SMILES string of the molecule is O=C(Cn1nc(-c2ccccc2)c2c(Cl)c(-c3ccccc3)nnc21)NCc1cccnc1. The van der Waals surface area contributed by atoms with Crippen LogP contribution in [0.5, 0.6) is 0 Å². The monoisotopic (exact) mass is 454 g/mol. The van der Waals surface area contributed by atoms with E-state index in [1.54, 1.807) is 17.1 Å². The zero-order valence-electron chi connectivity index (χ0n) is 17.5. The summed E-state index contributed by atoms with van der Waals surface area (Å²) in [5.41, 5.74) is 4.33. The van der Waals surface area contributed by atoms with Crippen molar-refractivity contribution in [2.75, 3.05) is 0 Å². The molecule has 1 amide bonds. The number of carbonyl (C=O) groups excluding carboxylic acids is 1. The van der Waals surface area contributed by atoms with E-state index in [9.17, 15) is 4.79 Å². The highest BCUT2D eigenvalue weighted by Crippen LogP contribution is 2.37. The maximum absolute atomic E-state index is 12.7. The molecule has 0 bridgehead atoms. The van der Waals surface area contributed by atoms with Crippen molar-refractivity contribution in [3.63, 3.8) is 0 Å². The van der Waals surface area contributed by atoms with Crippen LogP contribution in [0, 0.1) is 0 Å². The number of carbonyl (C=O) groups is 1. The molecule has 0 unspecified atom stereocenters. The van der Waals surface area contributed by atoms with Gasteiger partial charge in [-0.25, -0.2) is 4.68 Å². The Morgan fingerprint density at radius 2 is 1.58 bits per heavy atom. The van der Waals surface area contributed by atoms with Gasteiger partial charge in [0.25, 0.3) is 0 Å². The van der Waals surface area contributed by atoms with Crippen molar-refractivity contribution in [2.24, 2.45) is 0 Å². The Morgan fingerprint density at radius 3 is 2.24 bits per heavy atom. The molecule has 0 saturated heterocycles. The number of hydrogen-bond donors (Lipinski definition) is 1. The second kappa shape index (κ2) is 9.18. The van der Waals surface area contributed by atoms with Gasteiger partial charge in [-0.1, -0.05) is 78.3 Å². The van der Waals surface area contributed by atoms with Crippen LogP contribution in [0.2, 0.25) is 5.02 Å². The molecule has 0 aliphatic heterocycles. The molecule has 0 aliphatic carbocycles. The highest BCUT2D eigenvalue weighted by Gasteiger charge is 2.22. The molecule has 33 heavy (non-hydrogen) atoms. The van der Waals surface area contributed by atoms with Gasteiger partial charge in [0.15, 0.2) is 5.65 Å². The zero-order valence-corrected chi connectivity index (χ0v) is 18.3. The minimum atomic E-state index is -0.201. The lowest BCUT2D eigenvalue weighted by atomic mass is 10.1. The summed E-state index contributed by atoms with van der Waals surface area (Å²) >= 11 is 6.86. The smallest absolute Gasteiger partial charge is 0.242 e. The third-order valence-electron chi connectivity index (χ3n) is 5.20. The third kappa shape index (κ3) is 4.31. The van der Waals surface area contributed by atoms with E-state index in [4.69, 9.17) is 16.7 Å². The van der Waals surface area contributed by atoms with Crippen LogP contribution in [0.4, 0.5) is 0 Å². The molecule has 3 aromatic heterocycles. The Balaban J connectivity index is 1.54. The van der Waals surface area contributed by atoms with E-state index in [1.165, 1.54) is 0 Å². The lowest BCUT2D eigenvalue weighted by Gasteiger charge is -2.07. The molecule has 1 N–H and O–H groups in total. The van der Waals surface area contributed by atoms with Crippen LogP contribution in [0.1, 0.15) is 5.56 Å². The van der Waals surface area contributed by atoms with Gasteiger partial charge in [0.1, 0.15) is 17.9 Å². The second-order valence-electron chi connectivity index (χ2n) is 7.44. The number of rotatable bonds is 6. The Morgan fingerprint density at radius 1 is 0.879 bits per heavy atom. The minimum Gasteiger partial charge on any atom is -0.350 e. The minimum absolute atomic E-state index is 0.0146. The highest BCUT2D eigenvalue weighted by molar-refractivity contribution is 6.38. The van der Waals surface area contributed by atoms with Gasteiger partial charge in [-0.05, 0) is 11.6 Å². The average molecular weight is 455 g/mol. The number of nitrogens with one attached hydrogen (secondary N) is 1. The maximum atomic E-state index is 12.7. The van der Waals surface area contributed by atoms with Crippen molar-refractivity contribution in [1.29, 1.82) is 0 Å². The van der Waals surface area contributed by atoms with Gasteiger partial charge < -0.3 is 5.32 Å². The summed E-state index contributed by atoms with van der Waals surface area (Å²) in [7, 11) is 0. The van der Waals surface area contributed by atoms with Gasteiger partial charge in [-0.2, -0.15) is 5.10 Å². The molecular formula is C25H19ClN6O. The maximum Gasteiger partial charge on any atom is 0.242 e. The van der Waals surface area contributed by atoms with Gasteiger partial charge >= 0.3 is 0 Å². The van der Waals surface area contributed by atoms with Crippen molar-refractivity contribution in [2.45, 2.75) is 13.1 Å². The molecule has 0 aliphatic rings. The lowest BCUT2D eigenvalue weighted by molar-refractivity contribution is -0.121. The van der Waals surface area contributed by atoms with Crippen molar-refractivity contribution in [3.05, 3.63) is 95.8 Å². The molecule has 0 radical (unpaired) electrons. The first kappa shape index (κ1) is 20.8. The van der Waals surface area contributed by atoms with E-state index in [2.05, 4.69) is 20.5 Å². The van der Waals surface area contributed by atoms with Crippen molar-refractivity contribution < 1.29 is 4.79 Å². The highest BCUT2D eigenvalue weighted by atomic mass is 35.5. The van der Waals surface area contributed by atoms with E-state index < -0.39 is 0 Å². The number of benzene rings is 2. The summed E-state index contributed by atoms with van der Waals surface area (Å²) < 4.78 is 1.55. The normalized spacial score (nSPS) is 10.9. The summed E-state index contributed by atoms with van der Waals surface area (Å²) in [6.45, 7) is 0.362. The molecule has 0 fully saturated rings. The quantitative estimate of drug-likeness (QED) is 0.407. The van der Waals surface area contributed by atoms with Crippen LogP contribution in [-0.2, 0) is 17.9 Å². The molecule has 3 heterocycles. The topological polar surface area (TPSA) is 85.6 Å². The van der Waals surface area contributed by atoms with Crippen LogP contribution in [-0.4, -0.2) is 30.9 Å². The number of pyridine rings is 1. The van der Waals surface area contributed by atoms with E-state index in [0.29, 0.717) is 34.0 Å². The van der Waals surface area contributed by atoms with E-state index >= 15 is 0 Å². The summed E-state index contributed by atoms with van der Waals surface area (Å²) in [5, 5.41) is 17.5. The van der Waals surface area contributed by atoms with E-state index in [1.807, 2.05) is 72.8 Å². The Labute approximate surface area is 195 Å². The average Bonchev–Trinajstić information content (AvgIpc) is 3.24. The fourth-order valence-electron chi connectivity index (χ4n) is 3.60. The van der Waals surface area contributed by atoms with Gasteiger partial charge in [0.05, 0.1) is 10.4 Å². The predicted molar refractivity (Wildman–Crippen MR) is 127 cm³/mol. The molecule has 8 heteroatoms. The second-order valence-corrected chi connectivity index (χ2v) is 7.82. The molecule has 5 aromatic rings. The van der Waals surface area contributed by atoms with Crippen molar-refractivity contribution in [1.82, 2.24) is 30.3 Å². The predicted octanol–water partition coefficient (Wildman–Crippen LogP) is 4.53. The number of aromatic nitrogens is 5. The van der Waals surface area contributed by atoms with E-state index in [-0.39, 0.29) is 12.5 Å². The first-order valence-electron chi connectivity index (χ1n) is 10.4. The fraction of sp³-hybridized carbons (Fsp3) is 0.0800.